The van der Waals surface area contributed by atoms with E-state index in [1.807, 2.05) is 18.2 Å². The third-order valence-corrected chi connectivity index (χ3v) is 3.52. The summed E-state index contributed by atoms with van der Waals surface area (Å²) in [5.41, 5.74) is 0.822. The summed E-state index contributed by atoms with van der Waals surface area (Å²) in [6.07, 6.45) is 1.76. The molecule has 2 aliphatic rings. The Morgan fingerprint density at radius 3 is 3.06 bits per heavy atom. The molecule has 2 aliphatic heterocycles. The summed E-state index contributed by atoms with van der Waals surface area (Å²) < 4.78 is 11.1. The molecule has 86 valence electrons. The van der Waals surface area contributed by atoms with Crippen LogP contribution >= 0.6 is 24.0 Å². The average Bonchev–Trinajstić information content (AvgIpc) is 2.87. The second kappa shape index (κ2) is 4.05. The zero-order chi connectivity index (χ0) is 11.8. The van der Waals surface area contributed by atoms with Crippen LogP contribution in [0.25, 0.3) is 6.08 Å². The number of thiocarbonyl (C=S) groups is 1. The maximum atomic E-state index is 11.5. The van der Waals surface area contributed by atoms with Crippen molar-refractivity contribution in [1.82, 2.24) is 5.32 Å². The van der Waals surface area contributed by atoms with E-state index in [1.54, 1.807) is 6.08 Å². The van der Waals surface area contributed by atoms with Crippen LogP contribution in [0.5, 0.6) is 11.5 Å². The highest BCUT2D eigenvalue weighted by molar-refractivity contribution is 8.26. The standard InChI is InChI=1S/C11H7NO3S2/c13-10-8(17-11(16)12-10)4-6-2-1-3-7-9(6)15-5-14-7/h1-4H,5H2,(H,12,13,16)/b8-4+. The van der Waals surface area contributed by atoms with Crippen LogP contribution in [0.15, 0.2) is 23.1 Å². The van der Waals surface area contributed by atoms with Gasteiger partial charge >= 0.3 is 0 Å². The molecule has 0 atom stereocenters. The monoisotopic (exact) mass is 265 g/mol. The van der Waals surface area contributed by atoms with Crippen LogP contribution in [0.1, 0.15) is 5.56 Å². The maximum Gasteiger partial charge on any atom is 0.263 e. The van der Waals surface area contributed by atoms with Crippen LogP contribution in [-0.2, 0) is 4.79 Å². The zero-order valence-electron chi connectivity index (χ0n) is 8.56. The number of nitrogens with one attached hydrogen (secondary N) is 1. The van der Waals surface area contributed by atoms with Crippen LogP contribution in [0.4, 0.5) is 0 Å². The van der Waals surface area contributed by atoms with Crippen molar-refractivity contribution < 1.29 is 14.3 Å². The number of amides is 1. The molecule has 0 saturated carbocycles. The Bertz CT molecular complexity index is 554. The molecule has 6 heteroatoms. The molecule has 17 heavy (non-hydrogen) atoms. The van der Waals surface area contributed by atoms with Gasteiger partial charge in [-0.05, 0) is 12.1 Å². The van der Waals surface area contributed by atoms with Gasteiger partial charge in [0, 0.05) is 5.56 Å². The lowest BCUT2D eigenvalue weighted by molar-refractivity contribution is -0.115. The summed E-state index contributed by atoms with van der Waals surface area (Å²) in [6, 6.07) is 5.56. The first-order valence-corrected chi connectivity index (χ1v) is 6.10. The summed E-state index contributed by atoms with van der Waals surface area (Å²) in [5.74, 6) is 1.20. The molecular formula is C11H7NO3S2. The second-order valence-corrected chi connectivity index (χ2v) is 5.15. The van der Waals surface area contributed by atoms with Gasteiger partial charge in [0.15, 0.2) is 11.5 Å². The van der Waals surface area contributed by atoms with Gasteiger partial charge in [-0.15, -0.1) is 0 Å². The van der Waals surface area contributed by atoms with Crippen LogP contribution in [0, 0.1) is 0 Å². The molecule has 0 bridgehead atoms. The number of hydrogen-bond donors (Lipinski definition) is 1. The van der Waals surface area contributed by atoms with Crippen molar-refractivity contribution >= 4 is 40.3 Å². The molecule has 1 N–H and O–H groups in total. The van der Waals surface area contributed by atoms with Gasteiger partial charge in [-0.1, -0.05) is 36.1 Å². The van der Waals surface area contributed by atoms with Crippen molar-refractivity contribution in [3.8, 4) is 11.5 Å². The van der Waals surface area contributed by atoms with Gasteiger partial charge < -0.3 is 14.8 Å². The number of rotatable bonds is 1. The number of fused-ring (bicyclic) bond motifs is 1. The third-order valence-electron chi connectivity index (χ3n) is 2.36. The number of carbonyl (C=O) groups excluding carboxylic acids is 1. The predicted molar refractivity (Wildman–Crippen MR) is 68.9 cm³/mol. The molecule has 1 aromatic carbocycles. The van der Waals surface area contributed by atoms with Crippen molar-refractivity contribution in [2.24, 2.45) is 0 Å². The van der Waals surface area contributed by atoms with Gasteiger partial charge in [-0.2, -0.15) is 0 Å². The fourth-order valence-electron chi connectivity index (χ4n) is 1.63. The van der Waals surface area contributed by atoms with Crippen LogP contribution in [0.2, 0.25) is 0 Å². The SMILES string of the molecule is O=C1NC(=S)S/C1=C/c1cccc2c1OCO2. The third kappa shape index (κ3) is 1.89. The predicted octanol–water partition coefficient (Wildman–Crippen LogP) is 1.90. The van der Waals surface area contributed by atoms with E-state index in [2.05, 4.69) is 5.32 Å². The Balaban J connectivity index is 2.01. The number of para-hydroxylation sites is 1. The Morgan fingerprint density at radius 1 is 1.41 bits per heavy atom. The van der Waals surface area contributed by atoms with Gasteiger partial charge in [0.2, 0.25) is 6.79 Å². The van der Waals surface area contributed by atoms with E-state index in [4.69, 9.17) is 21.7 Å². The van der Waals surface area contributed by atoms with E-state index in [1.165, 1.54) is 11.8 Å². The summed E-state index contributed by atoms with van der Waals surface area (Å²) in [7, 11) is 0. The average molecular weight is 265 g/mol. The lowest BCUT2D eigenvalue weighted by Crippen LogP contribution is -2.17. The molecule has 0 aliphatic carbocycles. The van der Waals surface area contributed by atoms with Gasteiger partial charge in [-0.25, -0.2) is 0 Å². The van der Waals surface area contributed by atoms with Crippen molar-refractivity contribution in [2.45, 2.75) is 0 Å². The highest BCUT2D eigenvalue weighted by Crippen LogP contribution is 2.38. The number of benzene rings is 1. The smallest absolute Gasteiger partial charge is 0.263 e. The van der Waals surface area contributed by atoms with Crippen molar-refractivity contribution in [3.63, 3.8) is 0 Å². The van der Waals surface area contributed by atoms with E-state index >= 15 is 0 Å². The first-order valence-electron chi connectivity index (χ1n) is 4.87. The normalized spacial score (nSPS) is 19.9. The van der Waals surface area contributed by atoms with Gasteiger partial charge in [0.25, 0.3) is 5.91 Å². The van der Waals surface area contributed by atoms with Crippen molar-refractivity contribution in [3.05, 3.63) is 28.7 Å². The van der Waals surface area contributed by atoms with Gasteiger partial charge in [0.1, 0.15) is 4.32 Å². The summed E-state index contributed by atoms with van der Waals surface area (Å²) in [6.45, 7) is 0.216. The number of ether oxygens (including phenoxy) is 2. The number of hydrogen-bond acceptors (Lipinski definition) is 5. The largest absolute Gasteiger partial charge is 0.454 e. The van der Waals surface area contributed by atoms with Gasteiger partial charge in [0.05, 0.1) is 4.91 Å². The molecular weight excluding hydrogens is 258 g/mol. The Labute approximate surface area is 107 Å². The van der Waals surface area contributed by atoms with Crippen molar-refractivity contribution in [1.29, 1.82) is 0 Å². The molecule has 1 aromatic rings. The summed E-state index contributed by atoms with van der Waals surface area (Å²) in [5, 5.41) is 2.57. The Morgan fingerprint density at radius 2 is 2.29 bits per heavy atom. The number of thioether (sulfide) groups is 1. The summed E-state index contributed by atoms with van der Waals surface area (Å²) >= 11 is 6.17. The van der Waals surface area contributed by atoms with Crippen LogP contribution in [0.3, 0.4) is 0 Å². The quantitative estimate of drug-likeness (QED) is 0.621. The first-order chi connectivity index (χ1) is 8.24. The minimum atomic E-state index is -0.170. The molecule has 0 unspecified atom stereocenters. The highest BCUT2D eigenvalue weighted by atomic mass is 32.2. The maximum absolute atomic E-state index is 11.5. The van der Waals surface area contributed by atoms with E-state index < -0.39 is 0 Å². The van der Waals surface area contributed by atoms with Crippen molar-refractivity contribution in [2.75, 3.05) is 6.79 Å². The first kappa shape index (κ1) is 10.6. The zero-order valence-corrected chi connectivity index (χ0v) is 10.2. The van der Waals surface area contributed by atoms with E-state index in [9.17, 15) is 4.79 Å². The lowest BCUT2D eigenvalue weighted by atomic mass is 10.1. The minimum absolute atomic E-state index is 0.170. The molecule has 1 saturated heterocycles. The van der Waals surface area contributed by atoms with E-state index in [0.717, 1.165) is 5.56 Å². The number of carbonyl (C=O) groups is 1. The summed E-state index contributed by atoms with van der Waals surface area (Å²) in [4.78, 5) is 12.1. The molecule has 1 amide bonds. The molecule has 0 radical (unpaired) electrons. The molecule has 4 nitrogen and oxygen atoms in total. The molecule has 3 rings (SSSR count). The van der Waals surface area contributed by atoms with Crippen LogP contribution in [-0.4, -0.2) is 17.0 Å². The molecule has 0 aromatic heterocycles. The molecule has 0 spiro atoms. The minimum Gasteiger partial charge on any atom is -0.454 e. The topological polar surface area (TPSA) is 47.6 Å². The van der Waals surface area contributed by atoms with E-state index in [-0.39, 0.29) is 12.7 Å². The molecule has 1 fully saturated rings. The fraction of sp³-hybridized carbons (Fsp3) is 0.0909. The van der Waals surface area contributed by atoms with Crippen LogP contribution < -0.4 is 14.8 Å². The Kier molecular flexibility index (Phi) is 2.53. The highest BCUT2D eigenvalue weighted by Gasteiger charge is 2.24. The van der Waals surface area contributed by atoms with Gasteiger partial charge in [-0.3, -0.25) is 4.79 Å². The lowest BCUT2D eigenvalue weighted by Gasteiger charge is -2.00. The molecule has 2 heterocycles. The Hall–Kier alpha value is -1.53. The van der Waals surface area contributed by atoms with E-state index in [0.29, 0.717) is 20.7 Å². The fourth-order valence-corrected chi connectivity index (χ4v) is 2.66. The second-order valence-electron chi connectivity index (χ2n) is 3.43.